The molecule has 7 heteroatoms. The first-order chi connectivity index (χ1) is 6.62. The second-order valence-electron chi connectivity index (χ2n) is 3.84. The Labute approximate surface area is 103 Å². The van der Waals surface area contributed by atoms with Crippen LogP contribution in [0.25, 0.3) is 0 Å². The molecule has 0 aromatic carbocycles. The Kier molecular flexibility index (Phi) is 3.73. The Morgan fingerprint density at radius 2 is 1.87 bits per heavy atom. The molecule has 0 amide bonds. The van der Waals surface area contributed by atoms with Gasteiger partial charge in [-0.2, -0.15) is 8.42 Å². The highest BCUT2D eigenvalue weighted by Crippen LogP contribution is 2.36. The van der Waals surface area contributed by atoms with Gasteiger partial charge in [-0.05, 0) is 26.8 Å². The summed E-state index contributed by atoms with van der Waals surface area (Å²) in [4.78, 5) is -0.0749. The van der Waals surface area contributed by atoms with Gasteiger partial charge in [-0.1, -0.05) is 23.2 Å². The van der Waals surface area contributed by atoms with Crippen molar-refractivity contribution < 1.29 is 12.6 Å². The zero-order valence-corrected chi connectivity index (χ0v) is 11.5. The minimum atomic E-state index is -3.83. The zero-order chi connectivity index (χ0) is 11.9. The van der Waals surface area contributed by atoms with Crippen LogP contribution in [0.4, 0.5) is 0 Å². The van der Waals surface area contributed by atoms with Gasteiger partial charge in [0.1, 0.15) is 9.23 Å². The molecule has 0 aliphatic rings. The molecule has 0 aliphatic carbocycles. The summed E-state index contributed by atoms with van der Waals surface area (Å²) in [5.41, 5.74) is -0.795. The van der Waals surface area contributed by atoms with E-state index in [1.165, 1.54) is 6.07 Å². The Hall–Kier alpha value is 0.190. The lowest BCUT2D eigenvalue weighted by atomic mass is 10.2. The van der Waals surface area contributed by atoms with Gasteiger partial charge < -0.3 is 0 Å². The van der Waals surface area contributed by atoms with Crippen molar-refractivity contribution in [2.75, 3.05) is 0 Å². The molecule has 0 N–H and O–H groups in total. The van der Waals surface area contributed by atoms with Gasteiger partial charge in [0.15, 0.2) is 0 Å². The van der Waals surface area contributed by atoms with E-state index >= 15 is 0 Å². The smallest absolute Gasteiger partial charge is 0.261 e. The van der Waals surface area contributed by atoms with Gasteiger partial charge in [0.25, 0.3) is 10.1 Å². The van der Waals surface area contributed by atoms with Crippen molar-refractivity contribution in [3.63, 3.8) is 0 Å². The average Bonchev–Trinajstić information content (AvgIpc) is 2.24. The van der Waals surface area contributed by atoms with Crippen LogP contribution in [0.2, 0.25) is 8.67 Å². The lowest BCUT2D eigenvalue weighted by molar-refractivity contribution is 0.139. The van der Waals surface area contributed by atoms with Crippen molar-refractivity contribution in [3.8, 4) is 0 Å². The quantitative estimate of drug-likeness (QED) is 0.782. The third kappa shape index (κ3) is 3.60. The summed E-state index contributed by atoms with van der Waals surface area (Å²) < 4.78 is 28.8. The van der Waals surface area contributed by atoms with Gasteiger partial charge in [-0.25, -0.2) is 0 Å². The zero-order valence-electron chi connectivity index (χ0n) is 8.37. The van der Waals surface area contributed by atoms with Gasteiger partial charge in [0.05, 0.1) is 9.94 Å². The molecule has 0 radical (unpaired) electrons. The van der Waals surface area contributed by atoms with Crippen LogP contribution < -0.4 is 0 Å². The number of thiophene rings is 1. The van der Waals surface area contributed by atoms with Crippen molar-refractivity contribution in [3.05, 3.63) is 14.7 Å². The van der Waals surface area contributed by atoms with Crippen LogP contribution in [0.1, 0.15) is 20.8 Å². The van der Waals surface area contributed by atoms with Crippen molar-refractivity contribution in [2.45, 2.75) is 31.3 Å². The minimum absolute atomic E-state index is 0.0749. The summed E-state index contributed by atoms with van der Waals surface area (Å²) in [6, 6.07) is 1.29. The Morgan fingerprint density at radius 1 is 1.33 bits per heavy atom. The van der Waals surface area contributed by atoms with Gasteiger partial charge in [-0.15, -0.1) is 11.3 Å². The van der Waals surface area contributed by atoms with E-state index in [1.807, 2.05) is 0 Å². The summed E-state index contributed by atoms with van der Waals surface area (Å²) in [5.74, 6) is 0. The summed E-state index contributed by atoms with van der Waals surface area (Å²) in [6.07, 6.45) is 0. The lowest BCUT2D eigenvalue weighted by Gasteiger charge is -2.18. The summed E-state index contributed by atoms with van der Waals surface area (Å²) in [6.45, 7) is 4.94. The number of hydrogen-bond donors (Lipinski definition) is 0. The molecule has 1 aromatic rings. The van der Waals surface area contributed by atoms with Crippen LogP contribution >= 0.6 is 34.5 Å². The molecule has 0 saturated carbocycles. The molecule has 0 fully saturated rings. The molecule has 1 rings (SSSR count). The van der Waals surface area contributed by atoms with Gasteiger partial charge >= 0.3 is 0 Å². The van der Waals surface area contributed by atoms with Crippen LogP contribution in [0.5, 0.6) is 0 Å². The van der Waals surface area contributed by atoms with Crippen LogP contribution in [0.3, 0.4) is 0 Å². The number of hydrogen-bond acceptors (Lipinski definition) is 4. The fourth-order valence-corrected chi connectivity index (χ4v) is 4.20. The fraction of sp³-hybridized carbons (Fsp3) is 0.500. The molecule has 1 aromatic heterocycles. The van der Waals surface area contributed by atoms with E-state index in [9.17, 15) is 8.42 Å². The molecule has 0 spiro atoms. The molecule has 0 bridgehead atoms. The first-order valence-electron chi connectivity index (χ1n) is 4.02. The Balaban J connectivity index is 3.13. The average molecular weight is 289 g/mol. The predicted molar refractivity (Wildman–Crippen MR) is 62.4 cm³/mol. The van der Waals surface area contributed by atoms with E-state index in [-0.39, 0.29) is 9.23 Å². The van der Waals surface area contributed by atoms with Crippen molar-refractivity contribution in [1.82, 2.24) is 0 Å². The minimum Gasteiger partial charge on any atom is -0.261 e. The maximum atomic E-state index is 11.7. The molecule has 15 heavy (non-hydrogen) atoms. The van der Waals surface area contributed by atoms with Crippen molar-refractivity contribution in [2.24, 2.45) is 0 Å². The summed E-state index contributed by atoms with van der Waals surface area (Å²) >= 11 is 12.4. The highest BCUT2D eigenvalue weighted by atomic mass is 35.5. The Bertz CT molecular complexity index is 457. The Morgan fingerprint density at radius 3 is 2.20 bits per heavy atom. The second-order valence-corrected chi connectivity index (χ2v) is 7.64. The van der Waals surface area contributed by atoms with E-state index in [1.54, 1.807) is 20.8 Å². The molecule has 1 heterocycles. The molecule has 86 valence electrons. The third-order valence-corrected chi connectivity index (χ3v) is 4.56. The first kappa shape index (κ1) is 13.3. The van der Waals surface area contributed by atoms with Gasteiger partial charge in [-0.3, -0.25) is 4.18 Å². The van der Waals surface area contributed by atoms with E-state index in [2.05, 4.69) is 0 Å². The predicted octanol–water partition coefficient (Wildman–Crippen LogP) is 3.56. The summed E-state index contributed by atoms with van der Waals surface area (Å²) in [7, 11) is -3.83. The molecule has 0 atom stereocenters. The van der Waals surface area contributed by atoms with E-state index < -0.39 is 15.7 Å². The standard InChI is InChI=1S/C8H10Cl2O3S2/c1-8(2,3)13-15(11,12)5-4-6(9)14-7(5)10/h4H,1-3H3. The SMILES string of the molecule is CC(C)(C)OS(=O)(=O)c1cc(Cl)sc1Cl. The molecular formula is C8H10Cl2O3S2. The molecule has 0 aliphatic heterocycles. The number of halogens is 2. The highest BCUT2D eigenvalue weighted by Gasteiger charge is 2.27. The molecule has 0 saturated heterocycles. The topological polar surface area (TPSA) is 43.4 Å². The molecule has 3 nitrogen and oxygen atoms in total. The number of rotatable bonds is 2. The first-order valence-corrected chi connectivity index (χ1v) is 7.00. The molecule has 0 unspecified atom stereocenters. The van der Waals surface area contributed by atoms with E-state index in [0.29, 0.717) is 4.34 Å². The van der Waals surface area contributed by atoms with E-state index in [4.69, 9.17) is 27.4 Å². The van der Waals surface area contributed by atoms with Crippen LogP contribution in [-0.4, -0.2) is 14.0 Å². The second kappa shape index (κ2) is 4.22. The van der Waals surface area contributed by atoms with E-state index in [0.717, 1.165) is 11.3 Å². The highest BCUT2D eigenvalue weighted by molar-refractivity contribution is 7.87. The van der Waals surface area contributed by atoms with Crippen LogP contribution in [0.15, 0.2) is 11.0 Å². The molecular weight excluding hydrogens is 279 g/mol. The normalized spacial score (nSPS) is 13.1. The largest absolute Gasteiger partial charge is 0.299 e. The maximum absolute atomic E-state index is 11.7. The summed E-state index contributed by atoms with van der Waals surface area (Å²) in [5, 5.41) is 0. The lowest BCUT2D eigenvalue weighted by Crippen LogP contribution is -2.24. The third-order valence-electron chi connectivity index (χ3n) is 1.25. The van der Waals surface area contributed by atoms with Crippen LogP contribution in [0, 0.1) is 0 Å². The van der Waals surface area contributed by atoms with Crippen molar-refractivity contribution in [1.29, 1.82) is 0 Å². The maximum Gasteiger partial charge on any atom is 0.299 e. The van der Waals surface area contributed by atoms with Gasteiger partial charge in [0.2, 0.25) is 0 Å². The monoisotopic (exact) mass is 288 g/mol. The van der Waals surface area contributed by atoms with Crippen LogP contribution in [-0.2, 0) is 14.3 Å². The fourth-order valence-electron chi connectivity index (χ4n) is 0.870. The van der Waals surface area contributed by atoms with Gasteiger partial charge in [0, 0.05) is 0 Å². The van der Waals surface area contributed by atoms with Crippen molar-refractivity contribution >= 4 is 44.7 Å².